The normalized spacial score (nSPS) is 21.0. The van der Waals surface area contributed by atoms with Crippen molar-refractivity contribution in [2.45, 2.75) is 58.0 Å². The Morgan fingerprint density at radius 1 is 1.18 bits per heavy atom. The van der Waals surface area contributed by atoms with Crippen LogP contribution in [-0.4, -0.2) is 66.5 Å². The summed E-state index contributed by atoms with van der Waals surface area (Å²) in [7, 11) is 2.23. The largest absolute Gasteiger partial charge is 0.496 e. The van der Waals surface area contributed by atoms with Gasteiger partial charge in [0, 0.05) is 31.9 Å². The summed E-state index contributed by atoms with van der Waals surface area (Å²) in [6.45, 7) is 8.68. The predicted octanol–water partition coefficient (Wildman–Crippen LogP) is 2.38. The molecule has 0 bridgehead atoms. The van der Waals surface area contributed by atoms with Crippen molar-refractivity contribution in [1.82, 2.24) is 9.47 Å². The fourth-order valence-corrected chi connectivity index (χ4v) is 4.33. The Kier molecular flexibility index (Phi) is 6.35. The Labute approximate surface area is 199 Å². The highest BCUT2D eigenvalue weighted by atomic mass is 19.1. The van der Waals surface area contributed by atoms with Gasteiger partial charge in [0.15, 0.2) is 0 Å². The van der Waals surface area contributed by atoms with Crippen LogP contribution in [0.3, 0.4) is 0 Å². The number of carbonyl (C=O) groups is 2. The number of hydrogen-bond donors (Lipinski definition) is 0. The number of ether oxygens (including phenoxy) is 2. The molecule has 1 amide bonds. The van der Waals surface area contributed by atoms with E-state index in [0.717, 1.165) is 5.46 Å². The molecule has 0 N–H and O–H groups in total. The van der Waals surface area contributed by atoms with Crippen LogP contribution >= 0.6 is 0 Å². The highest BCUT2D eigenvalue weighted by Crippen LogP contribution is 2.36. The van der Waals surface area contributed by atoms with Crippen molar-refractivity contribution in [2.75, 3.05) is 20.8 Å². The summed E-state index contributed by atoms with van der Waals surface area (Å²) in [5.74, 6) is -1.34. The molecule has 3 heterocycles. The van der Waals surface area contributed by atoms with Crippen LogP contribution < -0.4 is 5.46 Å². The zero-order valence-corrected chi connectivity index (χ0v) is 20.4. The maximum atomic E-state index is 14.0. The van der Waals surface area contributed by atoms with Crippen LogP contribution in [0.25, 0.3) is 0 Å². The predicted molar refractivity (Wildman–Crippen MR) is 123 cm³/mol. The Bertz CT molecular complexity index is 1100. The van der Waals surface area contributed by atoms with Gasteiger partial charge in [-0.05, 0) is 57.5 Å². The molecule has 1 fully saturated rings. The van der Waals surface area contributed by atoms with Crippen molar-refractivity contribution >= 4 is 24.5 Å². The third-order valence-corrected chi connectivity index (χ3v) is 6.94. The first-order valence-electron chi connectivity index (χ1n) is 11.2. The minimum atomic E-state index is -0.598. The second kappa shape index (κ2) is 8.83. The zero-order valence-electron chi connectivity index (χ0n) is 20.4. The highest BCUT2D eigenvalue weighted by molar-refractivity contribution is 6.62. The fourth-order valence-electron chi connectivity index (χ4n) is 4.33. The highest BCUT2D eigenvalue weighted by Gasteiger charge is 2.52. The number of aromatic nitrogens is 1. The van der Waals surface area contributed by atoms with Crippen molar-refractivity contribution < 1.29 is 32.8 Å². The lowest BCUT2D eigenvalue weighted by Gasteiger charge is -2.36. The number of benzene rings is 1. The van der Waals surface area contributed by atoms with Gasteiger partial charge in [-0.2, -0.15) is 0 Å². The number of nitrogens with zero attached hydrogens (tertiary/aromatic N) is 2. The molecule has 2 aromatic rings. The number of carbonyl (C=O) groups excluding carboxylic acids is 2. The van der Waals surface area contributed by atoms with Crippen molar-refractivity contribution in [3.8, 4) is 0 Å². The molecule has 182 valence electrons. The van der Waals surface area contributed by atoms with E-state index in [1.165, 1.54) is 25.3 Å². The minimum Gasteiger partial charge on any atom is -0.465 e. The van der Waals surface area contributed by atoms with E-state index in [0.29, 0.717) is 17.8 Å². The summed E-state index contributed by atoms with van der Waals surface area (Å²) in [6, 6.07) is 5.27. The molecule has 2 aliphatic heterocycles. The molecule has 1 saturated heterocycles. The molecule has 1 atom stereocenters. The summed E-state index contributed by atoms with van der Waals surface area (Å²) in [5.41, 5.74) is 0.792. The molecule has 1 aromatic heterocycles. The minimum absolute atomic E-state index is 0.0338. The van der Waals surface area contributed by atoms with Crippen LogP contribution in [0.2, 0.25) is 0 Å². The second-order valence-electron chi connectivity index (χ2n) is 9.73. The molecule has 0 radical (unpaired) electrons. The van der Waals surface area contributed by atoms with E-state index in [1.54, 1.807) is 18.1 Å². The lowest BCUT2D eigenvalue weighted by molar-refractivity contribution is 0.00578. The third-order valence-electron chi connectivity index (χ3n) is 6.94. The van der Waals surface area contributed by atoms with E-state index < -0.39 is 30.1 Å². The van der Waals surface area contributed by atoms with Crippen LogP contribution in [0.5, 0.6) is 0 Å². The fraction of sp³-hybridized carbons (Fsp3) is 0.500. The van der Waals surface area contributed by atoms with Crippen LogP contribution in [0.1, 0.15) is 54.1 Å². The lowest BCUT2D eigenvalue weighted by Crippen LogP contribution is -2.49. The molecule has 10 heteroatoms. The summed E-state index contributed by atoms with van der Waals surface area (Å²) in [5, 5.41) is 0. The SMILES string of the molecule is COC[C@H]1Cn2cc(B3OC(C)(C)C(C)(C)O3)cc2C(=O)N1Cc1cc(F)ccc1C(=O)OC. The van der Waals surface area contributed by atoms with Crippen molar-refractivity contribution in [1.29, 1.82) is 0 Å². The average Bonchev–Trinajstić information content (AvgIpc) is 3.28. The second-order valence-corrected chi connectivity index (χ2v) is 9.73. The van der Waals surface area contributed by atoms with E-state index in [-0.39, 0.29) is 30.7 Å². The van der Waals surface area contributed by atoms with E-state index in [4.69, 9.17) is 18.8 Å². The third kappa shape index (κ3) is 4.26. The van der Waals surface area contributed by atoms with Gasteiger partial charge < -0.3 is 28.2 Å². The molecule has 0 saturated carbocycles. The van der Waals surface area contributed by atoms with E-state index in [2.05, 4.69) is 0 Å². The summed E-state index contributed by atoms with van der Waals surface area (Å²) >= 11 is 0. The van der Waals surface area contributed by atoms with E-state index >= 15 is 0 Å². The molecule has 0 aliphatic carbocycles. The first-order chi connectivity index (χ1) is 16.0. The van der Waals surface area contributed by atoms with E-state index in [9.17, 15) is 14.0 Å². The number of rotatable bonds is 6. The number of methoxy groups -OCH3 is 2. The Hall–Kier alpha value is -2.69. The number of fused-ring (bicyclic) bond motifs is 1. The molecule has 34 heavy (non-hydrogen) atoms. The van der Waals surface area contributed by atoms with Crippen molar-refractivity contribution in [3.05, 3.63) is 53.1 Å². The lowest BCUT2D eigenvalue weighted by atomic mass is 9.81. The van der Waals surface area contributed by atoms with Crippen LogP contribution in [0.15, 0.2) is 30.5 Å². The van der Waals surface area contributed by atoms with Crippen molar-refractivity contribution in [3.63, 3.8) is 0 Å². The Balaban J connectivity index is 1.66. The van der Waals surface area contributed by atoms with Crippen molar-refractivity contribution in [2.24, 2.45) is 0 Å². The van der Waals surface area contributed by atoms with Gasteiger partial charge in [-0.3, -0.25) is 4.79 Å². The Morgan fingerprint density at radius 3 is 2.47 bits per heavy atom. The molecule has 2 aliphatic rings. The standard InChI is InChI=1S/C24H30BFN2O6/c1-23(2)24(3,4)34-25(33-23)16-10-20-21(29)28(18(14-31-5)13-27(20)12-16)11-15-9-17(26)7-8-19(15)22(30)32-6/h7-10,12,18H,11,13-14H2,1-6H3/t18-/m1/s1. The molecular weight excluding hydrogens is 442 g/mol. The number of esters is 1. The Morgan fingerprint density at radius 2 is 1.85 bits per heavy atom. The average molecular weight is 472 g/mol. The molecule has 8 nitrogen and oxygen atoms in total. The van der Waals surface area contributed by atoms with Gasteiger partial charge in [0.05, 0.1) is 36.5 Å². The van der Waals surface area contributed by atoms with Gasteiger partial charge in [0.25, 0.3) is 5.91 Å². The molecule has 1 aromatic carbocycles. The number of amides is 1. The van der Waals surface area contributed by atoms with Crippen LogP contribution in [0.4, 0.5) is 4.39 Å². The van der Waals surface area contributed by atoms with Gasteiger partial charge in [-0.1, -0.05) is 0 Å². The number of halogens is 1. The van der Waals surface area contributed by atoms with Crippen LogP contribution in [0, 0.1) is 5.82 Å². The van der Waals surface area contributed by atoms with Gasteiger partial charge in [0.2, 0.25) is 0 Å². The molecule has 0 unspecified atom stereocenters. The molecule has 4 rings (SSSR count). The molecular formula is C24H30BFN2O6. The van der Waals surface area contributed by atoms with Gasteiger partial charge in [0.1, 0.15) is 11.5 Å². The molecule has 0 spiro atoms. The first-order valence-corrected chi connectivity index (χ1v) is 11.2. The quantitative estimate of drug-likeness (QED) is 0.475. The smallest absolute Gasteiger partial charge is 0.465 e. The zero-order chi connectivity index (χ0) is 24.8. The summed E-state index contributed by atoms with van der Waals surface area (Å²) in [4.78, 5) is 27.4. The summed E-state index contributed by atoms with van der Waals surface area (Å²) < 4.78 is 38.4. The van der Waals surface area contributed by atoms with E-state index in [1.807, 2.05) is 38.5 Å². The maximum absolute atomic E-state index is 14.0. The number of hydrogen-bond acceptors (Lipinski definition) is 6. The van der Waals surface area contributed by atoms with Gasteiger partial charge in [-0.15, -0.1) is 0 Å². The monoisotopic (exact) mass is 472 g/mol. The van der Waals surface area contributed by atoms with Gasteiger partial charge in [-0.25, -0.2) is 9.18 Å². The summed E-state index contributed by atoms with van der Waals surface area (Å²) in [6.07, 6.45) is 1.87. The maximum Gasteiger partial charge on any atom is 0.496 e. The van der Waals surface area contributed by atoms with Crippen LogP contribution in [-0.2, 0) is 31.9 Å². The van der Waals surface area contributed by atoms with Gasteiger partial charge >= 0.3 is 13.1 Å². The topological polar surface area (TPSA) is 79.2 Å². The first kappa shape index (κ1) is 24.4.